The van der Waals surface area contributed by atoms with E-state index in [1.54, 1.807) is 43.7 Å². The Morgan fingerprint density at radius 2 is 2.00 bits per heavy atom. The molecule has 1 amide bonds. The summed E-state index contributed by atoms with van der Waals surface area (Å²) >= 11 is 5.04. The molecule has 3 aromatic rings. The van der Waals surface area contributed by atoms with Gasteiger partial charge in [-0.2, -0.15) is 5.10 Å². The zero-order chi connectivity index (χ0) is 18.5. The maximum absolute atomic E-state index is 12.2. The zero-order valence-corrected chi connectivity index (χ0v) is 15.1. The van der Waals surface area contributed by atoms with Crippen molar-refractivity contribution in [1.82, 2.24) is 15.4 Å². The molecule has 0 aliphatic rings. The Hall–Kier alpha value is -3.13. The molecule has 0 radical (unpaired) electrons. The number of hydrazone groups is 1. The Balaban J connectivity index is 1.71. The molecule has 1 heterocycles. The number of aromatic amines is 2. The molecule has 0 bridgehead atoms. The highest BCUT2D eigenvalue weighted by Crippen LogP contribution is 2.27. The first kappa shape index (κ1) is 17.7. The van der Waals surface area contributed by atoms with Gasteiger partial charge in [0.1, 0.15) is 0 Å². The molecule has 0 atom stereocenters. The third-order valence-electron chi connectivity index (χ3n) is 3.65. The molecule has 0 saturated carbocycles. The quantitative estimate of drug-likeness (QED) is 0.352. The number of carbonyl (C=O) groups is 1. The number of methoxy groups -OCH3 is 1. The zero-order valence-electron chi connectivity index (χ0n) is 14.3. The summed E-state index contributed by atoms with van der Waals surface area (Å²) < 4.78 is 11.3. The van der Waals surface area contributed by atoms with Gasteiger partial charge < -0.3 is 19.4 Å². The molecule has 26 heavy (non-hydrogen) atoms. The fraction of sp³-hybridized carbons (Fsp3) is 0.167. The number of imidazole rings is 1. The Morgan fingerprint density at radius 3 is 2.77 bits per heavy atom. The van der Waals surface area contributed by atoms with E-state index in [4.69, 9.17) is 21.7 Å². The van der Waals surface area contributed by atoms with Crippen molar-refractivity contribution in [2.75, 3.05) is 13.7 Å². The number of fused-ring (bicyclic) bond motifs is 1. The maximum atomic E-state index is 12.2. The van der Waals surface area contributed by atoms with Crippen LogP contribution in [0.3, 0.4) is 0 Å². The molecule has 8 heteroatoms. The monoisotopic (exact) mass is 370 g/mol. The molecule has 0 fully saturated rings. The minimum atomic E-state index is -0.317. The van der Waals surface area contributed by atoms with Gasteiger partial charge >= 0.3 is 0 Å². The summed E-state index contributed by atoms with van der Waals surface area (Å²) in [7, 11) is 1.58. The lowest BCUT2D eigenvalue weighted by Gasteiger charge is -2.09. The normalized spacial score (nSPS) is 11.0. The van der Waals surface area contributed by atoms with Crippen LogP contribution in [0.2, 0.25) is 0 Å². The first-order chi connectivity index (χ1) is 12.6. The van der Waals surface area contributed by atoms with E-state index in [0.717, 1.165) is 16.6 Å². The van der Waals surface area contributed by atoms with Crippen molar-refractivity contribution in [1.29, 1.82) is 0 Å². The Kier molecular flexibility index (Phi) is 5.33. The standard InChI is InChI=1S/C18H18N4O3S/c1-3-25-16-8-11(4-7-15(16)24-2)10-19-22-17(23)12-5-6-13-14(9-12)21-18(26)20-13/h4-10H,3H2,1-2H3,(H,22,23)(H2,20,21,26)/b19-10-. The van der Waals surface area contributed by atoms with Gasteiger partial charge in [0.25, 0.3) is 5.91 Å². The number of hydrogen-bond acceptors (Lipinski definition) is 5. The van der Waals surface area contributed by atoms with Gasteiger partial charge in [0.2, 0.25) is 0 Å². The van der Waals surface area contributed by atoms with E-state index >= 15 is 0 Å². The largest absolute Gasteiger partial charge is 0.493 e. The van der Waals surface area contributed by atoms with E-state index in [1.807, 2.05) is 13.0 Å². The van der Waals surface area contributed by atoms with Crippen LogP contribution >= 0.6 is 12.2 Å². The van der Waals surface area contributed by atoms with E-state index in [-0.39, 0.29) is 5.91 Å². The number of ether oxygens (including phenoxy) is 2. The molecule has 0 saturated heterocycles. The highest BCUT2D eigenvalue weighted by Gasteiger charge is 2.07. The topological polar surface area (TPSA) is 91.5 Å². The molecule has 0 unspecified atom stereocenters. The van der Waals surface area contributed by atoms with E-state index in [2.05, 4.69) is 20.5 Å². The molecule has 1 aromatic heterocycles. The van der Waals surface area contributed by atoms with Gasteiger partial charge in [0, 0.05) is 5.56 Å². The minimum Gasteiger partial charge on any atom is -0.493 e. The summed E-state index contributed by atoms with van der Waals surface area (Å²) in [6.07, 6.45) is 1.54. The second-order valence-electron chi connectivity index (χ2n) is 5.38. The van der Waals surface area contributed by atoms with Crippen molar-refractivity contribution in [3.63, 3.8) is 0 Å². The van der Waals surface area contributed by atoms with Gasteiger partial charge in [-0.15, -0.1) is 0 Å². The number of aromatic nitrogens is 2. The molecular formula is C18H18N4O3S. The van der Waals surface area contributed by atoms with Gasteiger partial charge in [0.05, 0.1) is 31.0 Å². The third kappa shape index (κ3) is 3.92. The summed E-state index contributed by atoms with van der Waals surface area (Å²) in [5.41, 5.74) is 5.37. The first-order valence-electron chi connectivity index (χ1n) is 7.97. The van der Waals surface area contributed by atoms with Crippen molar-refractivity contribution in [2.24, 2.45) is 5.10 Å². The van der Waals surface area contributed by atoms with Crippen molar-refractivity contribution in [3.05, 3.63) is 52.3 Å². The number of nitrogens with zero attached hydrogens (tertiary/aromatic N) is 1. The highest BCUT2D eigenvalue weighted by molar-refractivity contribution is 7.71. The summed E-state index contributed by atoms with van der Waals surface area (Å²) in [6, 6.07) is 10.6. The molecule has 7 nitrogen and oxygen atoms in total. The highest BCUT2D eigenvalue weighted by atomic mass is 32.1. The van der Waals surface area contributed by atoms with Crippen LogP contribution in [-0.2, 0) is 0 Å². The number of amides is 1. The molecule has 0 aliphatic heterocycles. The van der Waals surface area contributed by atoms with Crippen LogP contribution in [0.5, 0.6) is 11.5 Å². The van der Waals surface area contributed by atoms with E-state index in [0.29, 0.717) is 28.4 Å². The lowest BCUT2D eigenvalue weighted by molar-refractivity contribution is 0.0955. The maximum Gasteiger partial charge on any atom is 0.271 e. The summed E-state index contributed by atoms with van der Waals surface area (Å²) in [5.74, 6) is 0.950. The Morgan fingerprint density at radius 1 is 1.19 bits per heavy atom. The van der Waals surface area contributed by atoms with Crippen LogP contribution in [0.15, 0.2) is 41.5 Å². The number of H-pyrrole nitrogens is 2. The summed E-state index contributed by atoms with van der Waals surface area (Å²) in [6.45, 7) is 2.42. The Bertz CT molecular complexity index is 1020. The second kappa shape index (κ2) is 7.83. The van der Waals surface area contributed by atoms with Crippen molar-refractivity contribution in [2.45, 2.75) is 6.92 Å². The first-order valence-corrected chi connectivity index (χ1v) is 8.38. The van der Waals surface area contributed by atoms with Gasteiger partial charge in [-0.25, -0.2) is 5.43 Å². The van der Waals surface area contributed by atoms with E-state index in [9.17, 15) is 4.79 Å². The lowest BCUT2D eigenvalue weighted by atomic mass is 10.2. The number of hydrogen-bond donors (Lipinski definition) is 3. The smallest absolute Gasteiger partial charge is 0.271 e. The van der Waals surface area contributed by atoms with Crippen molar-refractivity contribution < 1.29 is 14.3 Å². The average molecular weight is 370 g/mol. The van der Waals surface area contributed by atoms with Gasteiger partial charge in [-0.1, -0.05) is 0 Å². The predicted molar refractivity (Wildman–Crippen MR) is 103 cm³/mol. The third-order valence-corrected chi connectivity index (χ3v) is 3.85. The lowest BCUT2D eigenvalue weighted by Crippen LogP contribution is -2.17. The fourth-order valence-corrected chi connectivity index (χ4v) is 2.67. The van der Waals surface area contributed by atoms with Crippen LogP contribution in [0.4, 0.5) is 0 Å². The van der Waals surface area contributed by atoms with Crippen LogP contribution < -0.4 is 14.9 Å². The number of rotatable bonds is 6. The minimum absolute atomic E-state index is 0.317. The molecule has 0 spiro atoms. The molecular weight excluding hydrogens is 352 g/mol. The number of benzene rings is 2. The van der Waals surface area contributed by atoms with Crippen molar-refractivity contribution in [3.8, 4) is 11.5 Å². The van der Waals surface area contributed by atoms with Crippen LogP contribution in [0, 0.1) is 4.77 Å². The van der Waals surface area contributed by atoms with Gasteiger partial charge in [-0.05, 0) is 61.1 Å². The van der Waals surface area contributed by atoms with Crippen molar-refractivity contribution >= 4 is 35.4 Å². The summed E-state index contributed by atoms with van der Waals surface area (Å²) in [4.78, 5) is 18.2. The van der Waals surface area contributed by atoms with Crippen LogP contribution in [0.25, 0.3) is 11.0 Å². The number of nitrogens with one attached hydrogen (secondary N) is 3. The molecule has 3 rings (SSSR count). The van der Waals surface area contributed by atoms with E-state index in [1.165, 1.54) is 0 Å². The van der Waals surface area contributed by atoms with Crippen LogP contribution in [0.1, 0.15) is 22.8 Å². The summed E-state index contributed by atoms with van der Waals surface area (Å²) in [5, 5.41) is 4.00. The van der Waals surface area contributed by atoms with E-state index < -0.39 is 0 Å². The average Bonchev–Trinajstić information content (AvgIpc) is 3.01. The predicted octanol–water partition coefficient (Wildman–Crippen LogP) is 3.40. The Labute approximate surface area is 155 Å². The van der Waals surface area contributed by atoms with Crippen LogP contribution in [-0.4, -0.2) is 35.8 Å². The molecule has 0 aliphatic carbocycles. The molecule has 2 aromatic carbocycles. The SMILES string of the molecule is CCOc1cc(/C=N\NC(=O)c2ccc3[nH]c(=S)[nH]c3c2)ccc1OC. The molecule has 134 valence electrons. The van der Waals surface area contributed by atoms with Gasteiger partial charge in [0.15, 0.2) is 16.3 Å². The van der Waals surface area contributed by atoms with Gasteiger partial charge in [-0.3, -0.25) is 4.79 Å². The fourth-order valence-electron chi connectivity index (χ4n) is 2.45. The number of carbonyl (C=O) groups excluding carboxylic acids is 1. The molecule has 3 N–H and O–H groups in total. The second-order valence-corrected chi connectivity index (χ2v) is 5.79.